The summed E-state index contributed by atoms with van der Waals surface area (Å²) in [6.07, 6.45) is 1.42. The van der Waals surface area contributed by atoms with Crippen LogP contribution in [0.3, 0.4) is 0 Å². The molecule has 0 unspecified atom stereocenters. The normalized spacial score (nSPS) is 10.3. The number of hydrogen-bond donors (Lipinski definition) is 2. The van der Waals surface area contributed by atoms with Gasteiger partial charge in [0.05, 0.1) is 11.3 Å². The molecule has 10 heteroatoms. The number of carbonyl (C=O) groups excluding carboxylic acids is 3. The van der Waals surface area contributed by atoms with Crippen molar-refractivity contribution in [3.05, 3.63) is 65.5 Å². The minimum absolute atomic E-state index is 0.245. The van der Waals surface area contributed by atoms with E-state index in [-0.39, 0.29) is 5.56 Å². The summed E-state index contributed by atoms with van der Waals surface area (Å²) in [4.78, 5) is 35.9. The zero-order chi connectivity index (χ0) is 20.8. The monoisotopic (exact) mass is 394 g/mol. The van der Waals surface area contributed by atoms with E-state index in [2.05, 4.69) is 26.2 Å². The summed E-state index contributed by atoms with van der Waals surface area (Å²) in [5, 5.41) is 15.5. The molecule has 0 aliphatic heterocycles. The van der Waals surface area contributed by atoms with E-state index in [1.54, 1.807) is 24.3 Å². The Kier molecular flexibility index (Phi) is 5.93. The van der Waals surface area contributed by atoms with Crippen LogP contribution in [0.1, 0.15) is 21.5 Å². The Balaban J connectivity index is 1.49. The molecule has 2 N–H and O–H groups in total. The predicted molar refractivity (Wildman–Crippen MR) is 103 cm³/mol. The Bertz CT molecular complexity index is 1030. The Hall–Kier alpha value is -4.08. The van der Waals surface area contributed by atoms with Crippen LogP contribution in [0.4, 0.5) is 10.5 Å². The van der Waals surface area contributed by atoms with E-state index in [1.807, 2.05) is 19.9 Å². The van der Waals surface area contributed by atoms with E-state index in [4.69, 9.17) is 4.74 Å². The number of aryl methyl sites for hydroxylation is 1. The largest absolute Gasteiger partial charge is 0.452 e. The standard InChI is InChI=1S/C19H18N6O4/c1-12-4-3-5-16(13(12)2)21-19(28)22-17(26)10-29-18(27)14-6-8-15(9-7-14)25-11-20-23-24-25/h3-9,11H,10H2,1-2H3,(H2,21,22,26,28). The molecule has 0 spiro atoms. The van der Waals surface area contributed by atoms with Gasteiger partial charge in [-0.1, -0.05) is 12.1 Å². The molecule has 2 aromatic carbocycles. The molecule has 0 fully saturated rings. The summed E-state index contributed by atoms with van der Waals surface area (Å²) in [7, 11) is 0. The number of amides is 3. The number of nitrogens with zero attached hydrogens (tertiary/aromatic N) is 4. The number of urea groups is 1. The second-order valence-corrected chi connectivity index (χ2v) is 6.13. The average molecular weight is 394 g/mol. The highest BCUT2D eigenvalue weighted by Crippen LogP contribution is 2.17. The van der Waals surface area contributed by atoms with E-state index in [0.717, 1.165) is 11.1 Å². The maximum Gasteiger partial charge on any atom is 0.338 e. The lowest BCUT2D eigenvalue weighted by Gasteiger charge is -2.11. The molecule has 0 aliphatic carbocycles. The molecule has 148 valence electrons. The van der Waals surface area contributed by atoms with Gasteiger partial charge in [-0.3, -0.25) is 10.1 Å². The molecule has 3 amide bonds. The number of ether oxygens (including phenoxy) is 1. The number of benzene rings is 2. The molecule has 0 saturated carbocycles. The lowest BCUT2D eigenvalue weighted by atomic mass is 10.1. The summed E-state index contributed by atoms with van der Waals surface area (Å²) < 4.78 is 6.36. The van der Waals surface area contributed by atoms with Crippen molar-refractivity contribution >= 4 is 23.6 Å². The first-order chi connectivity index (χ1) is 13.9. The molecule has 0 bridgehead atoms. The Morgan fingerprint density at radius 3 is 2.52 bits per heavy atom. The zero-order valence-corrected chi connectivity index (χ0v) is 15.7. The van der Waals surface area contributed by atoms with Gasteiger partial charge < -0.3 is 10.1 Å². The lowest BCUT2D eigenvalue weighted by Crippen LogP contribution is -2.37. The van der Waals surface area contributed by atoms with E-state index in [0.29, 0.717) is 11.4 Å². The van der Waals surface area contributed by atoms with Crippen molar-refractivity contribution in [2.45, 2.75) is 13.8 Å². The van der Waals surface area contributed by atoms with Crippen LogP contribution in [-0.4, -0.2) is 44.7 Å². The number of esters is 1. The zero-order valence-electron chi connectivity index (χ0n) is 15.7. The first-order valence-corrected chi connectivity index (χ1v) is 8.61. The van der Waals surface area contributed by atoms with Crippen LogP contribution < -0.4 is 10.6 Å². The number of aromatic nitrogens is 4. The fraction of sp³-hybridized carbons (Fsp3) is 0.158. The van der Waals surface area contributed by atoms with Crippen molar-refractivity contribution in [2.24, 2.45) is 0 Å². The summed E-state index contributed by atoms with van der Waals surface area (Å²) in [6.45, 7) is 3.19. The smallest absolute Gasteiger partial charge is 0.338 e. The van der Waals surface area contributed by atoms with E-state index in [1.165, 1.54) is 23.1 Å². The third-order valence-corrected chi connectivity index (χ3v) is 4.16. The Labute approximate surface area is 165 Å². The fourth-order valence-corrected chi connectivity index (χ4v) is 2.45. The number of carbonyl (C=O) groups is 3. The minimum Gasteiger partial charge on any atom is -0.452 e. The van der Waals surface area contributed by atoms with E-state index >= 15 is 0 Å². The quantitative estimate of drug-likeness (QED) is 0.631. The molecule has 3 aromatic rings. The topological polar surface area (TPSA) is 128 Å². The highest BCUT2D eigenvalue weighted by atomic mass is 16.5. The van der Waals surface area contributed by atoms with Crippen LogP contribution in [0.25, 0.3) is 5.69 Å². The van der Waals surface area contributed by atoms with Crippen molar-refractivity contribution in [1.82, 2.24) is 25.5 Å². The van der Waals surface area contributed by atoms with Gasteiger partial charge in [0.25, 0.3) is 5.91 Å². The number of hydrogen-bond acceptors (Lipinski definition) is 7. The van der Waals surface area contributed by atoms with Gasteiger partial charge in [0.15, 0.2) is 6.61 Å². The summed E-state index contributed by atoms with van der Waals surface area (Å²) in [6, 6.07) is 11.0. The van der Waals surface area contributed by atoms with Crippen LogP contribution in [0, 0.1) is 13.8 Å². The molecule has 0 saturated heterocycles. The molecule has 1 aromatic heterocycles. The number of rotatable bonds is 5. The van der Waals surface area contributed by atoms with Gasteiger partial charge in [-0.2, -0.15) is 0 Å². The fourth-order valence-electron chi connectivity index (χ4n) is 2.45. The summed E-state index contributed by atoms with van der Waals surface area (Å²) in [5.74, 6) is -1.44. The highest BCUT2D eigenvalue weighted by molar-refractivity contribution is 6.02. The molecule has 29 heavy (non-hydrogen) atoms. The third kappa shape index (κ3) is 5.01. The molecule has 0 aliphatic rings. The number of anilines is 1. The lowest BCUT2D eigenvalue weighted by molar-refractivity contribution is -0.123. The molecular formula is C19H18N6O4. The van der Waals surface area contributed by atoms with E-state index < -0.39 is 24.5 Å². The Morgan fingerprint density at radius 2 is 1.83 bits per heavy atom. The number of nitrogens with one attached hydrogen (secondary N) is 2. The van der Waals surface area contributed by atoms with Crippen LogP contribution in [0.2, 0.25) is 0 Å². The van der Waals surface area contributed by atoms with Gasteiger partial charge >= 0.3 is 12.0 Å². The van der Waals surface area contributed by atoms with Crippen LogP contribution in [-0.2, 0) is 9.53 Å². The van der Waals surface area contributed by atoms with Gasteiger partial charge in [0.2, 0.25) is 0 Å². The van der Waals surface area contributed by atoms with E-state index in [9.17, 15) is 14.4 Å². The van der Waals surface area contributed by atoms with Crippen LogP contribution in [0.5, 0.6) is 0 Å². The SMILES string of the molecule is Cc1cccc(NC(=O)NC(=O)COC(=O)c2ccc(-n3cnnn3)cc2)c1C. The summed E-state index contributed by atoms with van der Waals surface area (Å²) >= 11 is 0. The van der Waals surface area contributed by atoms with Crippen molar-refractivity contribution < 1.29 is 19.1 Å². The second-order valence-electron chi connectivity index (χ2n) is 6.13. The third-order valence-electron chi connectivity index (χ3n) is 4.16. The minimum atomic E-state index is -0.744. The maximum atomic E-state index is 12.1. The van der Waals surface area contributed by atoms with Gasteiger partial charge in [-0.15, -0.1) is 5.10 Å². The molecule has 10 nitrogen and oxygen atoms in total. The molecule has 3 rings (SSSR count). The first kappa shape index (κ1) is 19.7. The molecule has 0 radical (unpaired) electrons. The highest BCUT2D eigenvalue weighted by Gasteiger charge is 2.14. The molecule has 1 heterocycles. The van der Waals surface area contributed by atoms with Gasteiger partial charge in [-0.05, 0) is 65.7 Å². The summed E-state index contributed by atoms with van der Waals surface area (Å²) in [5.41, 5.74) is 3.40. The van der Waals surface area contributed by atoms with Crippen molar-refractivity contribution in [2.75, 3.05) is 11.9 Å². The number of imide groups is 1. The van der Waals surface area contributed by atoms with Gasteiger partial charge in [0.1, 0.15) is 6.33 Å². The second kappa shape index (κ2) is 8.74. The van der Waals surface area contributed by atoms with Gasteiger partial charge in [0, 0.05) is 5.69 Å². The maximum absolute atomic E-state index is 12.1. The number of tetrazole rings is 1. The van der Waals surface area contributed by atoms with Crippen LogP contribution >= 0.6 is 0 Å². The molecule has 0 atom stereocenters. The van der Waals surface area contributed by atoms with Gasteiger partial charge in [-0.25, -0.2) is 14.3 Å². The molecular weight excluding hydrogens is 376 g/mol. The van der Waals surface area contributed by atoms with Crippen molar-refractivity contribution in [1.29, 1.82) is 0 Å². The van der Waals surface area contributed by atoms with Crippen molar-refractivity contribution in [3.8, 4) is 5.69 Å². The van der Waals surface area contributed by atoms with Crippen molar-refractivity contribution in [3.63, 3.8) is 0 Å². The Morgan fingerprint density at radius 1 is 1.07 bits per heavy atom. The van der Waals surface area contributed by atoms with Crippen LogP contribution in [0.15, 0.2) is 48.8 Å². The average Bonchev–Trinajstić information content (AvgIpc) is 3.24. The predicted octanol–water partition coefficient (Wildman–Crippen LogP) is 1.78. The first-order valence-electron chi connectivity index (χ1n) is 8.61.